The monoisotopic (exact) mass is 330 g/mol. The van der Waals surface area contributed by atoms with Crippen LogP contribution in [0.5, 0.6) is 0 Å². The summed E-state index contributed by atoms with van der Waals surface area (Å²) < 4.78 is 21.5. The van der Waals surface area contributed by atoms with E-state index in [4.69, 9.17) is 27.9 Å². The molecule has 3 nitrogen and oxygen atoms in total. The number of hydrogen-bond donors (Lipinski definition) is 0. The molecule has 0 aliphatic heterocycles. The highest BCUT2D eigenvalue weighted by atomic mass is 35.5. The number of benzene rings is 1. The molecule has 1 heterocycles. The third-order valence-electron chi connectivity index (χ3n) is 4.17. The highest BCUT2D eigenvalue weighted by Gasteiger charge is 2.32. The number of alkyl halides is 1. The molecule has 0 radical (unpaired) electrons. The Hall–Kier alpha value is -0.840. The van der Waals surface area contributed by atoms with Crippen LogP contribution in [0.25, 0.3) is 11.0 Å². The number of rotatable bonds is 3. The molecule has 1 saturated carbocycles. The summed E-state index contributed by atoms with van der Waals surface area (Å²) in [5.74, 6) is 0.299. The summed E-state index contributed by atoms with van der Waals surface area (Å²) >= 11 is 12.1. The Morgan fingerprint density at radius 3 is 2.86 bits per heavy atom. The zero-order valence-corrected chi connectivity index (χ0v) is 13.5. The molecule has 2 aromatic rings. The molecule has 1 fully saturated rings. The molecule has 3 rings (SSSR count). The smallest absolute Gasteiger partial charge is 0.144 e. The van der Waals surface area contributed by atoms with Gasteiger partial charge in [0.15, 0.2) is 0 Å². The van der Waals surface area contributed by atoms with Crippen molar-refractivity contribution >= 4 is 34.2 Å². The van der Waals surface area contributed by atoms with Crippen molar-refractivity contribution in [1.82, 2.24) is 9.55 Å². The first-order valence-electron chi connectivity index (χ1n) is 7.06. The summed E-state index contributed by atoms with van der Waals surface area (Å²) in [4.78, 5) is 4.55. The second-order valence-corrected chi connectivity index (χ2v) is 6.55. The van der Waals surface area contributed by atoms with E-state index in [0.29, 0.717) is 5.52 Å². The molecular weight excluding hydrogens is 314 g/mol. The fraction of sp³-hybridized carbons (Fsp3) is 0.533. The lowest BCUT2D eigenvalue weighted by Gasteiger charge is -2.23. The lowest BCUT2D eigenvalue weighted by atomic mass is 10.2. The summed E-state index contributed by atoms with van der Waals surface area (Å²) in [6.45, 7) is 1.87. The van der Waals surface area contributed by atoms with Gasteiger partial charge in [-0.1, -0.05) is 11.6 Å². The van der Waals surface area contributed by atoms with Crippen LogP contribution in [0.1, 0.15) is 43.4 Å². The van der Waals surface area contributed by atoms with Gasteiger partial charge in [0.25, 0.3) is 0 Å². The van der Waals surface area contributed by atoms with Crippen molar-refractivity contribution in [2.75, 3.05) is 7.11 Å². The topological polar surface area (TPSA) is 27.1 Å². The first-order valence-corrected chi connectivity index (χ1v) is 7.88. The minimum atomic E-state index is -0.439. The molecule has 3 atom stereocenters. The third kappa shape index (κ3) is 2.54. The molecular formula is C15H17Cl2FN2O. The highest BCUT2D eigenvalue weighted by Crippen LogP contribution is 2.38. The van der Waals surface area contributed by atoms with Gasteiger partial charge in [0.1, 0.15) is 11.6 Å². The van der Waals surface area contributed by atoms with Crippen molar-refractivity contribution in [2.45, 2.75) is 43.7 Å². The number of aromatic nitrogens is 2. The van der Waals surface area contributed by atoms with Crippen molar-refractivity contribution in [1.29, 1.82) is 0 Å². The lowest BCUT2D eigenvalue weighted by molar-refractivity contribution is 0.0752. The summed E-state index contributed by atoms with van der Waals surface area (Å²) in [6.07, 6.45) is 3.16. The standard InChI is InChI=1S/C15H17Cl2FN2O/c1-8(16)15-19-11-6-9(17)10(18)7-13(11)20(15)12-4-3-5-14(12)21-2/h6-8,12,14H,3-5H2,1-2H3. The molecule has 1 aliphatic rings. The molecule has 1 aromatic heterocycles. The van der Waals surface area contributed by atoms with Crippen LogP contribution in [0.15, 0.2) is 12.1 Å². The minimum absolute atomic E-state index is 0.0793. The predicted molar refractivity (Wildman–Crippen MR) is 82.7 cm³/mol. The maximum atomic E-state index is 13.9. The van der Waals surface area contributed by atoms with Gasteiger partial charge in [-0.25, -0.2) is 9.37 Å². The molecule has 21 heavy (non-hydrogen) atoms. The van der Waals surface area contributed by atoms with E-state index >= 15 is 0 Å². The van der Waals surface area contributed by atoms with E-state index in [1.807, 2.05) is 11.5 Å². The number of imidazole rings is 1. The number of halogens is 3. The average molecular weight is 331 g/mol. The van der Waals surface area contributed by atoms with Crippen LogP contribution < -0.4 is 0 Å². The van der Waals surface area contributed by atoms with Gasteiger partial charge >= 0.3 is 0 Å². The van der Waals surface area contributed by atoms with Gasteiger partial charge < -0.3 is 9.30 Å². The van der Waals surface area contributed by atoms with E-state index in [1.165, 1.54) is 6.07 Å². The number of hydrogen-bond acceptors (Lipinski definition) is 2. The van der Waals surface area contributed by atoms with Crippen LogP contribution in [-0.2, 0) is 4.74 Å². The number of ether oxygens (including phenoxy) is 1. The maximum absolute atomic E-state index is 13.9. The zero-order chi connectivity index (χ0) is 15.1. The van der Waals surface area contributed by atoms with E-state index < -0.39 is 5.82 Å². The Labute approximate surface area is 133 Å². The number of methoxy groups -OCH3 is 1. The maximum Gasteiger partial charge on any atom is 0.144 e. The summed E-state index contributed by atoms with van der Waals surface area (Å²) in [7, 11) is 1.71. The van der Waals surface area contributed by atoms with Crippen LogP contribution >= 0.6 is 23.2 Å². The molecule has 0 amide bonds. The molecule has 0 saturated heterocycles. The largest absolute Gasteiger partial charge is 0.379 e. The van der Waals surface area contributed by atoms with Gasteiger partial charge in [0.05, 0.1) is 33.6 Å². The van der Waals surface area contributed by atoms with Crippen molar-refractivity contribution in [2.24, 2.45) is 0 Å². The van der Waals surface area contributed by atoms with Gasteiger partial charge in [-0.15, -0.1) is 11.6 Å². The third-order valence-corrected chi connectivity index (χ3v) is 4.65. The Balaban J connectivity index is 2.23. The molecule has 1 aliphatic carbocycles. The van der Waals surface area contributed by atoms with Crippen molar-refractivity contribution < 1.29 is 9.13 Å². The van der Waals surface area contributed by atoms with Crippen LogP contribution in [0.3, 0.4) is 0 Å². The lowest BCUT2D eigenvalue weighted by Crippen LogP contribution is -2.22. The molecule has 1 aromatic carbocycles. The molecule has 6 heteroatoms. The Morgan fingerprint density at radius 2 is 2.19 bits per heavy atom. The second kappa shape index (κ2) is 5.75. The summed E-state index contributed by atoms with van der Waals surface area (Å²) in [6, 6.07) is 3.14. The van der Waals surface area contributed by atoms with Crippen LogP contribution in [-0.4, -0.2) is 22.8 Å². The highest BCUT2D eigenvalue weighted by molar-refractivity contribution is 6.31. The fourth-order valence-electron chi connectivity index (χ4n) is 3.21. The molecule has 0 spiro atoms. The number of fused-ring (bicyclic) bond motifs is 1. The fourth-order valence-corrected chi connectivity index (χ4v) is 3.53. The molecule has 0 bridgehead atoms. The van der Waals surface area contributed by atoms with Gasteiger partial charge in [-0.3, -0.25) is 0 Å². The Kier molecular flexibility index (Phi) is 4.12. The summed E-state index contributed by atoms with van der Waals surface area (Å²) in [5, 5.41) is -0.187. The second-order valence-electron chi connectivity index (χ2n) is 5.48. The predicted octanol–water partition coefficient (Wildman–Crippen LogP) is 4.87. The zero-order valence-electron chi connectivity index (χ0n) is 11.9. The average Bonchev–Trinajstić information content (AvgIpc) is 3.02. The van der Waals surface area contributed by atoms with Gasteiger partial charge in [0.2, 0.25) is 0 Å². The van der Waals surface area contributed by atoms with E-state index in [0.717, 1.165) is 30.6 Å². The van der Waals surface area contributed by atoms with Crippen LogP contribution in [0.2, 0.25) is 5.02 Å². The van der Waals surface area contributed by atoms with E-state index in [-0.39, 0.29) is 22.5 Å². The van der Waals surface area contributed by atoms with E-state index in [2.05, 4.69) is 4.98 Å². The first-order chi connectivity index (χ1) is 10.0. The van der Waals surface area contributed by atoms with Crippen LogP contribution in [0.4, 0.5) is 4.39 Å². The van der Waals surface area contributed by atoms with Crippen molar-refractivity contribution in [3.05, 3.63) is 28.8 Å². The van der Waals surface area contributed by atoms with Gasteiger partial charge in [-0.05, 0) is 32.3 Å². The van der Waals surface area contributed by atoms with Crippen LogP contribution in [0, 0.1) is 5.82 Å². The van der Waals surface area contributed by atoms with Gasteiger partial charge in [0, 0.05) is 13.2 Å². The van der Waals surface area contributed by atoms with E-state index in [1.54, 1.807) is 13.2 Å². The quantitative estimate of drug-likeness (QED) is 0.751. The SMILES string of the molecule is COC1CCCC1n1c(C(C)Cl)nc2cc(Cl)c(F)cc21. The minimum Gasteiger partial charge on any atom is -0.379 e. The Bertz CT molecular complexity index is 671. The number of nitrogens with zero attached hydrogens (tertiary/aromatic N) is 2. The van der Waals surface area contributed by atoms with E-state index in [9.17, 15) is 4.39 Å². The Morgan fingerprint density at radius 1 is 1.43 bits per heavy atom. The van der Waals surface area contributed by atoms with Crippen molar-refractivity contribution in [3.8, 4) is 0 Å². The normalized spacial score (nSPS) is 23.9. The molecule has 3 unspecified atom stereocenters. The van der Waals surface area contributed by atoms with Gasteiger partial charge in [-0.2, -0.15) is 0 Å². The summed E-state index contributed by atoms with van der Waals surface area (Å²) in [5.41, 5.74) is 1.40. The molecule has 0 N–H and O–H groups in total. The van der Waals surface area contributed by atoms with Crippen molar-refractivity contribution in [3.63, 3.8) is 0 Å². The first kappa shape index (κ1) is 15.1. The molecule has 114 valence electrons.